The van der Waals surface area contributed by atoms with Crippen LogP contribution in [-0.2, 0) is 6.54 Å². The molecule has 2 saturated carbocycles. The summed E-state index contributed by atoms with van der Waals surface area (Å²) in [7, 11) is 0. The highest BCUT2D eigenvalue weighted by Crippen LogP contribution is 2.27. The Morgan fingerprint density at radius 2 is 1.54 bits per heavy atom. The highest BCUT2D eigenvalue weighted by Gasteiger charge is 2.26. The van der Waals surface area contributed by atoms with Gasteiger partial charge in [0.1, 0.15) is 0 Å². The fourth-order valence-electron chi connectivity index (χ4n) is 4.31. The molecule has 132 valence electrons. The van der Waals surface area contributed by atoms with Crippen molar-refractivity contribution in [3.8, 4) is 0 Å². The molecule has 0 bridgehead atoms. The zero-order chi connectivity index (χ0) is 16.6. The lowest BCUT2D eigenvalue weighted by Gasteiger charge is -2.34. The first-order chi connectivity index (χ1) is 11.8. The van der Waals surface area contributed by atoms with E-state index < -0.39 is 0 Å². The first-order valence-corrected chi connectivity index (χ1v) is 10.3. The Labute approximate surface area is 152 Å². The fraction of sp³-hybridized carbons (Fsp3) is 0.667. The Morgan fingerprint density at radius 3 is 2.29 bits per heavy atom. The van der Waals surface area contributed by atoms with Crippen LogP contribution in [0.3, 0.4) is 0 Å². The first kappa shape index (κ1) is 17.9. The Kier molecular flexibility index (Phi) is 7.10. The Bertz CT molecular complexity index is 496. The molecule has 2 N–H and O–H groups in total. The van der Waals surface area contributed by atoms with Crippen LogP contribution < -0.4 is 10.6 Å². The second kappa shape index (κ2) is 9.53. The van der Waals surface area contributed by atoms with Gasteiger partial charge in [0.2, 0.25) is 0 Å². The molecule has 0 saturated heterocycles. The van der Waals surface area contributed by atoms with Crippen molar-refractivity contribution in [2.45, 2.75) is 82.8 Å². The predicted molar refractivity (Wildman–Crippen MR) is 106 cm³/mol. The molecule has 0 amide bonds. The molecule has 0 unspecified atom stereocenters. The maximum absolute atomic E-state index is 5.71. The van der Waals surface area contributed by atoms with E-state index in [1.54, 1.807) is 0 Å². The summed E-state index contributed by atoms with van der Waals surface area (Å²) in [6, 6.07) is 11.8. The summed E-state index contributed by atoms with van der Waals surface area (Å²) in [5.74, 6) is 0.832. The van der Waals surface area contributed by atoms with Gasteiger partial charge in [0.25, 0.3) is 0 Å². The summed E-state index contributed by atoms with van der Waals surface area (Å²) < 4.78 is 0. The zero-order valence-corrected chi connectivity index (χ0v) is 15.6. The highest BCUT2D eigenvalue weighted by molar-refractivity contribution is 7.80. The van der Waals surface area contributed by atoms with Crippen molar-refractivity contribution in [1.29, 1.82) is 0 Å². The van der Waals surface area contributed by atoms with Crippen LogP contribution in [0, 0.1) is 5.92 Å². The van der Waals surface area contributed by atoms with Gasteiger partial charge in [-0.1, -0.05) is 87.5 Å². The van der Waals surface area contributed by atoms with Gasteiger partial charge in [0.05, 0.1) is 4.99 Å². The van der Waals surface area contributed by atoms with E-state index in [-0.39, 0.29) is 0 Å². The van der Waals surface area contributed by atoms with Gasteiger partial charge in [0, 0.05) is 25.0 Å². The van der Waals surface area contributed by atoms with E-state index in [0.717, 1.165) is 23.9 Å². The minimum absolute atomic E-state index is 0.513. The molecule has 2 aliphatic carbocycles. The van der Waals surface area contributed by atoms with E-state index in [4.69, 9.17) is 12.2 Å². The molecular weight excluding hydrogens is 312 g/mol. The number of thiocarbonyl (C=S) groups is 1. The molecule has 2 atom stereocenters. The quantitative estimate of drug-likeness (QED) is 0.712. The SMILES string of the molecule is S=C(CC1CCCCC1)N[C@@H]1CCCC[C@H]1NCc1ccccc1. The molecule has 0 spiro atoms. The number of hydrogen-bond donors (Lipinski definition) is 2. The molecule has 0 aromatic heterocycles. The number of hydrogen-bond acceptors (Lipinski definition) is 2. The standard InChI is InChI=1S/C21H32N2S/c24-21(15-17-9-3-1-4-10-17)23-20-14-8-7-13-19(20)22-16-18-11-5-2-6-12-18/h2,5-6,11-12,17,19-20,22H,1,3-4,7-10,13-16H2,(H,23,24)/t19-,20-/m1/s1. The minimum Gasteiger partial charge on any atom is -0.375 e. The molecule has 2 aliphatic rings. The average molecular weight is 345 g/mol. The molecule has 2 fully saturated rings. The summed E-state index contributed by atoms with van der Waals surface area (Å²) in [5, 5.41) is 7.50. The molecule has 2 nitrogen and oxygen atoms in total. The van der Waals surface area contributed by atoms with Crippen LogP contribution in [0.25, 0.3) is 0 Å². The normalized spacial score (nSPS) is 25.3. The molecule has 3 rings (SSSR count). The van der Waals surface area contributed by atoms with Gasteiger partial charge in [-0.25, -0.2) is 0 Å². The maximum Gasteiger partial charge on any atom is 0.0758 e. The van der Waals surface area contributed by atoms with Crippen molar-refractivity contribution in [2.75, 3.05) is 0 Å². The average Bonchev–Trinajstić information content (AvgIpc) is 2.63. The third-order valence-corrected chi connectivity index (χ3v) is 6.01. The van der Waals surface area contributed by atoms with Gasteiger partial charge in [-0.15, -0.1) is 0 Å². The van der Waals surface area contributed by atoms with E-state index in [0.29, 0.717) is 12.1 Å². The summed E-state index contributed by atoms with van der Waals surface area (Å²) >= 11 is 5.71. The number of rotatable bonds is 6. The van der Waals surface area contributed by atoms with E-state index in [2.05, 4.69) is 41.0 Å². The van der Waals surface area contributed by atoms with Crippen molar-refractivity contribution in [1.82, 2.24) is 10.6 Å². The van der Waals surface area contributed by atoms with E-state index in [1.165, 1.54) is 63.4 Å². The zero-order valence-electron chi connectivity index (χ0n) is 14.8. The summed E-state index contributed by atoms with van der Waals surface area (Å²) in [5.41, 5.74) is 1.37. The molecule has 0 radical (unpaired) electrons. The monoisotopic (exact) mass is 344 g/mol. The molecule has 1 aromatic rings. The van der Waals surface area contributed by atoms with Crippen LogP contribution in [0.2, 0.25) is 0 Å². The Balaban J connectivity index is 1.47. The molecule has 24 heavy (non-hydrogen) atoms. The smallest absolute Gasteiger partial charge is 0.0758 e. The van der Waals surface area contributed by atoms with Gasteiger partial charge in [0.15, 0.2) is 0 Å². The maximum atomic E-state index is 5.71. The molecule has 0 aliphatic heterocycles. The summed E-state index contributed by atoms with van der Waals surface area (Å²) in [6.45, 7) is 0.957. The summed E-state index contributed by atoms with van der Waals surface area (Å²) in [6.07, 6.45) is 13.3. The van der Waals surface area contributed by atoms with Crippen molar-refractivity contribution < 1.29 is 0 Å². The summed E-state index contributed by atoms with van der Waals surface area (Å²) in [4.78, 5) is 1.11. The second-order valence-electron chi connectivity index (χ2n) is 7.64. The van der Waals surface area contributed by atoms with Crippen molar-refractivity contribution in [2.24, 2.45) is 5.92 Å². The largest absolute Gasteiger partial charge is 0.375 e. The van der Waals surface area contributed by atoms with Crippen LogP contribution in [0.5, 0.6) is 0 Å². The van der Waals surface area contributed by atoms with E-state index in [9.17, 15) is 0 Å². The fourth-order valence-corrected chi connectivity index (χ4v) is 4.70. The van der Waals surface area contributed by atoms with Crippen LogP contribution >= 0.6 is 12.2 Å². The van der Waals surface area contributed by atoms with E-state index in [1.807, 2.05) is 0 Å². The second-order valence-corrected chi connectivity index (χ2v) is 8.13. The Hall–Kier alpha value is -0.930. The lowest BCUT2D eigenvalue weighted by Crippen LogP contribution is -2.51. The van der Waals surface area contributed by atoms with Crippen LogP contribution in [0.4, 0.5) is 0 Å². The molecule has 3 heteroatoms. The van der Waals surface area contributed by atoms with Crippen molar-refractivity contribution in [3.63, 3.8) is 0 Å². The first-order valence-electron chi connectivity index (χ1n) is 9.88. The van der Waals surface area contributed by atoms with Gasteiger partial charge in [-0.2, -0.15) is 0 Å². The van der Waals surface area contributed by atoms with E-state index >= 15 is 0 Å². The van der Waals surface area contributed by atoms with Gasteiger partial charge in [-0.05, 0) is 24.3 Å². The predicted octanol–water partition coefficient (Wildman–Crippen LogP) is 4.97. The lowest BCUT2D eigenvalue weighted by atomic mass is 9.86. The number of nitrogens with one attached hydrogen (secondary N) is 2. The lowest BCUT2D eigenvalue weighted by molar-refractivity contribution is 0.304. The van der Waals surface area contributed by atoms with Gasteiger partial charge in [-0.3, -0.25) is 0 Å². The van der Waals surface area contributed by atoms with Crippen LogP contribution in [0.1, 0.15) is 69.8 Å². The van der Waals surface area contributed by atoms with Crippen LogP contribution in [0.15, 0.2) is 30.3 Å². The molecule has 0 heterocycles. The number of benzene rings is 1. The van der Waals surface area contributed by atoms with Crippen LogP contribution in [-0.4, -0.2) is 17.1 Å². The molecular formula is C21H32N2S. The van der Waals surface area contributed by atoms with Gasteiger partial charge >= 0.3 is 0 Å². The van der Waals surface area contributed by atoms with Crippen molar-refractivity contribution >= 4 is 17.2 Å². The minimum atomic E-state index is 0.513. The van der Waals surface area contributed by atoms with Crippen molar-refractivity contribution in [3.05, 3.63) is 35.9 Å². The third-order valence-electron chi connectivity index (χ3n) is 5.72. The highest BCUT2D eigenvalue weighted by atomic mass is 32.1. The molecule has 1 aromatic carbocycles. The third kappa shape index (κ3) is 5.56. The van der Waals surface area contributed by atoms with Gasteiger partial charge < -0.3 is 10.6 Å². The Morgan fingerprint density at radius 1 is 0.875 bits per heavy atom. The topological polar surface area (TPSA) is 24.1 Å².